The highest BCUT2D eigenvalue weighted by molar-refractivity contribution is 5.81. The minimum Gasteiger partial charge on any atom is -0.361 e. The van der Waals surface area contributed by atoms with E-state index in [0.717, 1.165) is 17.0 Å². The van der Waals surface area contributed by atoms with Crippen LogP contribution in [0.1, 0.15) is 5.56 Å². The topological polar surface area (TPSA) is 15.8 Å². The highest BCUT2D eigenvalue weighted by Crippen LogP contribution is 2.20. The van der Waals surface area contributed by atoms with Crippen molar-refractivity contribution in [3.05, 3.63) is 42.1 Å². The number of fused-ring (bicyclic) bond motifs is 1. The number of aromatic nitrogens is 1. The second kappa shape index (κ2) is 3.46. The number of H-pyrrole nitrogens is 1. The maximum atomic E-state index is 11.9. The number of benzene rings is 1. The van der Waals surface area contributed by atoms with E-state index in [1.807, 2.05) is 6.07 Å². The summed E-state index contributed by atoms with van der Waals surface area (Å²) in [6.45, 7) is 0. The summed E-state index contributed by atoms with van der Waals surface area (Å²) in [5, 5.41) is 0.902. The Balaban J connectivity index is 2.33. The Morgan fingerprint density at radius 3 is 2.67 bits per heavy atom. The van der Waals surface area contributed by atoms with Gasteiger partial charge in [0.2, 0.25) is 0 Å². The number of hydrogen-bond acceptors (Lipinski definition) is 0. The summed E-state index contributed by atoms with van der Waals surface area (Å²) >= 11 is 0. The largest absolute Gasteiger partial charge is 0.409 e. The van der Waals surface area contributed by atoms with E-state index in [1.54, 1.807) is 24.4 Å². The Kier molecular flexibility index (Phi) is 2.26. The van der Waals surface area contributed by atoms with Crippen molar-refractivity contribution in [2.75, 3.05) is 0 Å². The minimum absolute atomic E-state index is 0.237. The molecule has 78 valence electrons. The van der Waals surface area contributed by atoms with Crippen LogP contribution >= 0.6 is 0 Å². The van der Waals surface area contributed by atoms with Crippen LogP contribution in [0.3, 0.4) is 0 Å². The molecule has 1 N–H and O–H groups in total. The fourth-order valence-electron chi connectivity index (χ4n) is 1.37. The first-order valence-electron chi connectivity index (χ1n) is 4.38. The monoisotopic (exact) mass is 211 g/mol. The second-order valence-electron chi connectivity index (χ2n) is 3.20. The van der Waals surface area contributed by atoms with E-state index >= 15 is 0 Å². The number of alkyl halides is 3. The third kappa shape index (κ3) is 2.40. The van der Waals surface area contributed by atoms with E-state index < -0.39 is 6.18 Å². The lowest BCUT2D eigenvalue weighted by Crippen LogP contribution is -1.99. The molecule has 0 radical (unpaired) electrons. The van der Waals surface area contributed by atoms with E-state index in [9.17, 15) is 13.2 Å². The number of hydrogen-bond donors (Lipinski definition) is 1. The molecule has 0 bridgehead atoms. The third-order valence-corrected chi connectivity index (χ3v) is 2.04. The molecule has 0 aliphatic heterocycles. The number of halogens is 3. The first kappa shape index (κ1) is 9.83. The van der Waals surface area contributed by atoms with Gasteiger partial charge >= 0.3 is 6.18 Å². The van der Waals surface area contributed by atoms with Gasteiger partial charge in [0.15, 0.2) is 0 Å². The van der Waals surface area contributed by atoms with Crippen molar-refractivity contribution in [1.29, 1.82) is 0 Å². The van der Waals surface area contributed by atoms with Crippen LogP contribution in [0.5, 0.6) is 0 Å². The second-order valence-corrected chi connectivity index (χ2v) is 3.20. The molecule has 0 saturated heterocycles. The molecule has 1 heterocycles. The molecule has 0 amide bonds. The Hall–Kier alpha value is -1.71. The van der Waals surface area contributed by atoms with Gasteiger partial charge in [-0.05, 0) is 29.1 Å². The molecular formula is C11H8F3N. The van der Waals surface area contributed by atoms with Crippen molar-refractivity contribution >= 4 is 17.0 Å². The lowest BCUT2D eigenvalue weighted by Gasteiger charge is -1.98. The normalized spacial score (nSPS) is 12.7. The van der Waals surface area contributed by atoms with Crippen LogP contribution in [-0.2, 0) is 0 Å². The van der Waals surface area contributed by atoms with Gasteiger partial charge in [-0.1, -0.05) is 12.1 Å². The first-order valence-corrected chi connectivity index (χ1v) is 4.38. The lowest BCUT2D eigenvalue weighted by molar-refractivity contribution is -0.0790. The fraction of sp³-hybridized carbons (Fsp3) is 0.0909. The molecule has 0 unspecified atom stereocenters. The summed E-state index contributed by atoms with van der Waals surface area (Å²) in [5.74, 6) is 0. The summed E-state index contributed by atoms with van der Waals surface area (Å²) in [7, 11) is 0. The zero-order chi connectivity index (χ0) is 10.9. The number of allylic oxidation sites excluding steroid dienone is 1. The van der Waals surface area contributed by atoms with E-state index in [4.69, 9.17) is 0 Å². The average Bonchev–Trinajstić information content (AvgIpc) is 2.60. The van der Waals surface area contributed by atoms with Gasteiger partial charge in [-0.15, -0.1) is 0 Å². The van der Waals surface area contributed by atoms with Crippen molar-refractivity contribution in [2.24, 2.45) is 0 Å². The average molecular weight is 211 g/mol. The molecule has 2 aromatic rings. The molecule has 1 nitrogen and oxygen atoms in total. The van der Waals surface area contributed by atoms with Gasteiger partial charge in [0.05, 0.1) is 0 Å². The lowest BCUT2D eigenvalue weighted by atomic mass is 10.1. The van der Waals surface area contributed by atoms with Gasteiger partial charge in [0.25, 0.3) is 0 Å². The standard InChI is InChI=1S/C11H8F3N/c12-11(13,14)5-3-8-1-2-10-9(7-8)4-6-15-10/h1-7,15H/b5-3-. The van der Waals surface area contributed by atoms with E-state index in [2.05, 4.69) is 4.98 Å². The summed E-state index contributed by atoms with van der Waals surface area (Å²) in [4.78, 5) is 2.97. The van der Waals surface area contributed by atoms with Crippen molar-refractivity contribution in [1.82, 2.24) is 4.98 Å². The molecule has 0 aliphatic rings. The SMILES string of the molecule is FC(F)(F)/C=C\c1ccc2[nH]ccc2c1. The molecule has 0 saturated carbocycles. The number of aromatic amines is 1. The highest BCUT2D eigenvalue weighted by Gasteiger charge is 2.21. The maximum Gasteiger partial charge on any atom is 0.409 e. The Labute approximate surface area is 84.2 Å². The van der Waals surface area contributed by atoms with E-state index in [-0.39, 0.29) is 6.08 Å². The van der Waals surface area contributed by atoms with Crippen LogP contribution < -0.4 is 0 Å². The highest BCUT2D eigenvalue weighted by atomic mass is 19.4. The predicted molar refractivity (Wildman–Crippen MR) is 53.4 cm³/mol. The fourth-order valence-corrected chi connectivity index (χ4v) is 1.37. The smallest absolute Gasteiger partial charge is 0.361 e. The van der Waals surface area contributed by atoms with Crippen LogP contribution in [0.15, 0.2) is 36.5 Å². The van der Waals surface area contributed by atoms with Gasteiger partial charge in [0, 0.05) is 17.8 Å². The predicted octanol–water partition coefficient (Wildman–Crippen LogP) is 3.74. The molecule has 1 aromatic heterocycles. The quantitative estimate of drug-likeness (QED) is 0.739. The molecule has 15 heavy (non-hydrogen) atoms. The van der Waals surface area contributed by atoms with Gasteiger partial charge in [-0.25, -0.2) is 0 Å². The molecule has 1 aromatic carbocycles. The van der Waals surface area contributed by atoms with E-state index in [1.165, 1.54) is 0 Å². The Morgan fingerprint density at radius 1 is 1.13 bits per heavy atom. The zero-order valence-corrected chi connectivity index (χ0v) is 7.68. The van der Waals surface area contributed by atoms with Crippen LogP contribution in [0, 0.1) is 0 Å². The molecule has 0 spiro atoms. The Bertz CT molecular complexity index is 494. The molecule has 0 aliphatic carbocycles. The van der Waals surface area contributed by atoms with Crippen LogP contribution in [0.2, 0.25) is 0 Å². The number of rotatable bonds is 1. The molecular weight excluding hydrogens is 203 g/mol. The van der Waals surface area contributed by atoms with Crippen molar-refractivity contribution in [2.45, 2.75) is 6.18 Å². The molecule has 0 fully saturated rings. The van der Waals surface area contributed by atoms with Crippen LogP contribution in [0.25, 0.3) is 17.0 Å². The van der Waals surface area contributed by atoms with Crippen molar-refractivity contribution < 1.29 is 13.2 Å². The van der Waals surface area contributed by atoms with Crippen molar-refractivity contribution in [3.63, 3.8) is 0 Å². The first-order chi connectivity index (χ1) is 7.04. The third-order valence-electron chi connectivity index (χ3n) is 2.04. The Morgan fingerprint density at radius 2 is 1.93 bits per heavy atom. The molecule has 0 atom stereocenters. The summed E-state index contributed by atoms with van der Waals surface area (Å²) < 4.78 is 35.7. The molecule has 2 rings (SSSR count). The van der Waals surface area contributed by atoms with Gasteiger partial charge in [0.1, 0.15) is 0 Å². The zero-order valence-electron chi connectivity index (χ0n) is 7.68. The van der Waals surface area contributed by atoms with Gasteiger partial charge in [-0.2, -0.15) is 13.2 Å². The van der Waals surface area contributed by atoms with E-state index in [0.29, 0.717) is 5.56 Å². The molecule has 4 heteroatoms. The number of nitrogens with one attached hydrogen (secondary N) is 1. The maximum absolute atomic E-state index is 11.9. The van der Waals surface area contributed by atoms with Gasteiger partial charge < -0.3 is 4.98 Å². The summed E-state index contributed by atoms with van der Waals surface area (Å²) in [6, 6.07) is 6.92. The minimum atomic E-state index is -4.26. The van der Waals surface area contributed by atoms with Crippen molar-refractivity contribution in [3.8, 4) is 0 Å². The summed E-state index contributed by atoms with van der Waals surface area (Å²) in [6.07, 6.45) is -1.21. The summed E-state index contributed by atoms with van der Waals surface area (Å²) in [5.41, 5.74) is 1.46. The van der Waals surface area contributed by atoms with Crippen LogP contribution in [-0.4, -0.2) is 11.2 Å². The van der Waals surface area contributed by atoms with Crippen LogP contribution in [0.4, 0.5) is 13.2 Å². The van der Waals surface area contributed by atoms with Gasteiger partial charge in [-0.3, -0.25) is 0 Å².